The molecule has 0 aliphatic heterocycles. The van der Waals surface area contributed by atoms with Crippen LogP contribution in [0.1, 0.15) is 19.8 Å². The van der Waals surface area contributed by atoms with Crippen molar-refractivity contribution in [3.05, 3.63) is 28.2 Å². The van der Waals surface area contributed by atoms with Crippen molar-refractivity contribution in [2.45, 2.75) is 19.8 Å². The van der Waals surface area contributed by atoms with Gasteiger partial charge in [-0.1, -0.05) is 36.5 Å². The number of benzene rings is 1. The number of aliphatic hydroxyl groups is 1. The predicted molar refractivity (Wildman–Crippen MR) is 83.5 cm³/mol. The van der Waals surface area contributed by atoms with Crippen molar-refractivity contribution in [1.29, 1.82) is 0 Å². The van der Waals surface area contributed by atoms with E-state index in [1.165, 1.54) is 0 Å². The molecule has 0 aliphatic rings. The van der Waals surface area contributed by atoms with Gasteiger partial charge in [-0.3, -0.25) is 9.69 Å². The highest BCUT2D eigenvalue weighted by atomic mass is 35.5. The van der Waals surface area contributed by atoms with Crippen LogP contribution in [-0.2, 0) is 4.79 Å². The van der Waals surface area contributed by atoms with Crippen molar-refractivity contribution in [1.82, 2.24) is 4.90 Å². The van der Waals surface area contributed by atoms with Gasteiger partial charge in [-0.15, -0.1) is 0 Å². The maximum absolute atomic E-state index is 11.9. The molecule has 0 fully saturated rings. The lowest BCUT2D eigenvalue weighted by molar-refractivity contribution is -0.117. The third kappa shape index (κ3) is 6.09. The zero-order valence-electron chi connectivity index (χ0n) is 11.5. The number of nitrogens with zero attached hydrogens (tertiary/aromatic N) is 1. The lowest BCUT2D eigenvalue weighted by atomic mass is 10.3. The summed E-state index contributed by atoms with van der Waals surface area (Å²) >= 11 is 11.7. The highest BCUT2D eigenvalue weighted by Crippen LogP contribution is 2.24. The Morgan fingerprint density at radius 3 is 2.65 bits per heavy atom. The highest BCUT2D eigenvalue weighted by Gasteiger charge is 2.10. The second kappa shape index (κ2) is 9.19. The molecular formula is C14H20Cl2N2O2. The Labute approximate surface area is 129 Å². The Hall–Kier alpha value is -0.810. The summed E-state index contributed by atoms with van der Waals surface area (Å²) in [6.07, 6.45) is 2.05. The molecule has 2 N–H and O–H groups in total. The zero-order chi connectivity index (χ0) is 15.0. The van der Waals surface area contributed by atoms with E-state index in [1.54, 1.807) is 18.2 Å². The van der Waals surface area contributed by atoms with Gasteiger partial charge in [0.2, 0.25) is 5.91 Å². The first-order valence-electron chi connectivity index (χ1n) is 6.65. The monoisotopic (exact) mass is 318 g/mol. The summed E-state index contributed by atoms with van der Waals surface area (Å²) in [5.74, 6) is -0.132. The van der Waals surface area contributed by atoms with Gasteiger partial charge in [-0.2, -0.15) is 0 Å². The SMILES string of the molecule is CCCCN(CCO)CC(=O)Nc1ccc(Cl)c(Cl)c1. The normalized spacial score (nSPS) is 10.8. The van der Waals surface area contributed by atoms with Crippen molar-refractivity contribution < 1.29 is 9.90 Å². The quantitative estimate of drug-likeness (QED) is 0.774. The topological polar surface area (TPSA) is 52.6 Å². The second-order valence-electron chi connectivity index (χ2n) is 4.53. The van der Waals surface area contributed by atoms with Gasteiger partial charge in [0, 0.05) is 12.2 Å². The van der Waals surface area contributed by atoms with Crippen molar-refractivity contribution in [2.75, 3.05) is 31.6 Å². The molecular weight excluding hydrogens is 299 g/mol. The van der Waals surface area contributed by atoms with Crippen LogP contribution < -0.4 is 5.32 Å². The Kier molecular flexibility index (Phi) is 7.92. The molecule has 0 heterocycles. The lowest BCUT2D eigenvalue weighted by Gasteiger charge is -2.20. The molecule has 1 aromatic rings. The minimum Gasteiger partial charge on any atom is -0.395 e. The minimum atomic E-state index is -0.132. The molecule has 0 unspecified atom stereocenters. The fourth-order valence-corrected chi connectivity index (χ4v) is 2.07. The Morgan fingerprint density at radius 2 is 2.05 bits per heavy atom. The maximum atomic E-state index is 11.9. The summed E-state index contributed by atoms with van der Waals surface area (Å²) in [6.45, 7) is 3.68. The van der Waals surface area contributed by atoms with Gasteiger partial charge in [0.1, 0.15) is 0 Å². The van der Waals surface area contributed by atoms with Crippen molar-refractivity contribution >= 4 is 34.8 Å². The van der Waals surface area contributed by atoms with Crippen LogP contribution in [0.2, 0.25) is 10.0 Å². The first-order valence-corrected chi connectivity index (χ1v) is 7.40. The predicted octanol–water partition coefficient (Wildman–Crippen LogP) is 3.03. The van der Waals surface area contributed by atoms with E-state index in [0.29, 0.717) is 22.3 Å². The number of nitrogens with one attached hydrogen (secondary N) is 1. The summed E-state index contributed by atoms with van der Waals surface area (Å²) in [7, 11) is 0. The molecule has 1 rings (SSSR count). The number of aliphatic hydroxyl groups excluding tert-OH is 1. The smallest absolute Gasteiger partial charge is 0.238 e. The summed E-state index contributed by atoms with van der Waals surface area (Å²) < 4.78 is 0. The summed E-state index contributed by atoms with van der Waals surface area (Å²) in [5, 5.41) is 12.6. The second-order valence-corrected chi connectivity index (χ2v) is 5.34. The molecule has 6 heteroatoms. The first kappa shape index (κ1) is 17.2. The Morgan fingerprint density at radius 1 is 1.30 bits per heavy atom. The van der Waals surface area contributed by atoms with Crippen LogP contribution in [0.25, 0.3) is 0 Å². The number of anilines is 1. The number of carbonyl (C=O) groups is 1. The van der Waals surface area contributed by atoms with Crippen molar-refractivity contribution in [2.24, 2.45) is 0 Å². The minimum absolute atomic E-state index is 0.0454. The van der Waals surface area contributed by atoms with E-state index >= 15 is 0 Å². The molecule has 20 heavy (non-hydrogen) atoms. The van der Waals surface area contributed by atoms with Gasteiger partial charge < -0.3 is 10.4 Å². The molecule has 112 valence electrons. The number of amides is 1. The molecule has 1 amide bonds. The fraction of sp³-hybridized carbons (Fsp3) is 0.500. The Bertz CT molecular complexity index is 441. The van der Waals surface area contributed by atoms with E-state index in [0.717, 1.165) is 19.4 Å². The van der Waals surface area contributed by atoms with Crippen LogP contribution in [0.5, 0.6) is 0 Å². The molecule has 0 saturated heterocycles. The van der Waals surface area contributed by atoms with E-state index in [1.807, 2.05) is 4.90 Å². The average Bonchev–Trinajstić information content (AvgIpc) is 2.40. The number of carbonyl (C=O) groups excluding carboxylic acids is 1. The standard InChI is InChI=1S/C14H20Cl2N2O2/c1-2-3-6-18(7-8-19)10-14(20)17-11-4-5-12(15)13(16)9-11/h4-5,9,19H,2-3,6-8,10H2,1H3,(H,17,20). The molecule has 0 spiro atoms. The summed E-state index contributed by atoms with van der Waals surface area (Å²) in [5.41, 5.74) is 0.615. The molecule has 0 aliphatic carbocycles. The largest absolute Gasteiger partial charge is 0.395 e. The van der Waals surface area contributed by atoms with Crippen molar-refractivity contribution in [3.8, 4) is 0 Å². The van der Waals surface area contributed by atoms with Gasteiger partial charge in [-0.25, -0.2) is 0 Å². The third-order valence-corrected chi connectivity index (χ3v) is 3.55. The van der Waals surface area contributed by atoms with Gasteiger partial charge >= 0.3 is 0 Å². The number of unbranched alkanes of at least 4 members (excludes halogenated alkanes) is 1. The third-order valence-electron chi connectivity index (χ3n) is 2.81. The van der Waals surface area contributed by atoms with Crippen LogP contribution >= 0.6 is 23.2 Å². The van der Waals surface area contributed by atoms with Crippen LogP contribution in [0.3, 0.4) is 0 Å². The van der Waals surface area contributed by atoms with E-state index in [4.69, 9.17) is 28.3 Å². The van der Waals surface area contributed by atoms with Crippen LogP contribution in [0.4, 0.5) is 5.69 Å². The highest BCUT2D eigenvalue weighted by molar-refractivity contribution is 6.42. The van der Waals surface area contributed by atoms with Gasteiger partial charge in [0.15, 0.2) is 0 Å². The molecule has 0 bridgehead atoms. The van der Waals surface area contributed by atoms with Crippen LogP contribution in [0, 0.1) is 0 Å². The summed E-state index contributed by atoms with van der Waals surface area (Å²) in [4.78, 5) is 13.9. The van der Waals surface area contributed by atoms with Gasteiger partial charge in [0.25, 0.3) is 0 Å². The molecule has 0 aromatic heterocycles. The molecule has 4 nitrogen and oxygen atoms in total. The fourth-order valence-electron chi connectivity index (χ4n) is 1.77. The zero-order valence-corrected chi connectivity index (χ0v) is 13.0. The number of hydrogen-bond acceptors (Lipinski definition) is 3. The summed E-state index contributed by atoms with van der Waals surface area (Å²) in [6, 6.07) is 4.96. The average molecular weight is 319 g/mol. The molecule has 0 radical (unpaired) electrons. The van der Waals surface area contributed by atoms with E-state index in [2.05, 4.69) is 12.2 Å². The number of halogens is 2. The first-order chi connectivity index (χ1) is 9.56. The van der Waals surface area contributed by atoms with Gasteiger partial charge in [-0.05, 0) is 31.2 Å². The van der Waals surface area contributed by atoms with E-state index in [-0.39, 0.29) is 19.1 Å². The molecule has 0 atom stereocenters. The maximum Gasteiger partial charge on any atom is 0.238 e. The number of hydrogen-bond donors (Lipinski definition) is 2. The van der Waals surface area contributed by atoms with E-state index < -0.39 is 0 Å². The molecule has 1 aromatic carbocycles. The van der Waals surface area contributed by atoms with E-state index in [9.17, 15) is 4.79 Å². The Balaban J connectivity index is 2.53. The lowest BCUT2D eigenvalue weighted by Crippen LogP contribution is -2.35. The van der Waals surface area contributed by atoms with Crippen LogP contribution in [-0.4, -0.2) is 42.2 Å². The van der Waals surface area contributed by atoms with Gasteiger partial charge in [0.05, 0.1) is 23.2 Å². The van der Waals surface area contributed by atoms with Crippen LogP contribution in [0.15, 0.2) is 18.2 Å². The number of rotatable bonds is 8. The molecule has 0 saturated carbocycles. The van der Waals surface area contributed by atoms with Crippen molar-refractivity contribution in [3.63, 3.8) is 0 Å².